The van der Waals surface area contributed by atoms with Crippen LogP contribution in [0.4, 0.5) is 0 Å². The summed E-state index contributed by atoms with van der Waals surface area (Å²) < 4.78 is 12.1. The van der Waals surface area contributed by atoms with Crippen LogP contribution in [0, 0.1) is 13.8 Å². The van der Waals surface area contributed by atoms with Crippen LogP contribution < -0.4 is 0 Å². The van der Waals surface area contributed by atoms with Crippen LogP contribution in [0.3, 0.4) is 0 Å². The average molecular weight is 620 g/mol. The predicted octanol–water partition coefficient (Wildman–Crippen LogP) is 13.0. The van der Waals surface area contributed by atoms with Crippen molar-refractivity contribution in [2.24, 2.45) is 0 Å². The van der Waals surface area contributed by atoms with Crippen LogP contribution in [0.15, 0.2) is 144 Å². The summed E-state index contributed by atoms with van der Waals surface area (Å²) in [6, 6.07) is 50.9. The Bertz CT molecular complexity index is 2810. The lowest BCUT2D eigenvalue weighted by molar-refractivity contribution is 0.667. The van der Waals surface area contributed by atoms with E-state index < -0.39 is 0 Å². The number of hydrogen-bond donors (Lipinski definition) is 0. The van der Waals surface area contributed by atoms with E-state index in [1.807, 2.05) is 11.3 Å². The van der Waals surface area contributed by atoms with E-state index >= 15 is 0 Å². The zero-order valence-electron chi connectivity index (χ0n) is 26.0. The smallest absolute Gasteiger partial charge is 0.159 e. The normalized spacial score (nSPS) is 12.0. The van der Waals surface area contributed by atoms with Crippen molar-refractivity contribution in [2.45, 2.75) is 13.8 Å². The Morgan fingerprint density at radius 3 is 1.94 bits per heavy atom. The molecule has 10 aromatic rings. The lowest BCUT2D eigenvalue weighted by atomic mass is 9.94. The van der Waals surface area contributed by atoms with Crippen LogP contribution in [-0.2, 0) is 0 Å². The highest BCUT2D eigenvalue weighted by molar-refractivity contribution is 7.25. The molecule has 0 saturated heterocycles. The largest absolute Gasteiger partial charge is 0.453 e. The molecule has 0 aliphatic rings. The molecule has 0 radical (unpaired) electrons. The molecule has 0 atom stereocenters. The van der Waals surface area contributed by atoms with Crippen molar-refractivity contribution in [3.63, 3.8) is 0 Å². The first-order chi connectivity index (χ1) is 23.1. The lowest BCUT2D eigenvalue weighted by Crippen LogP contribution is -1.94. The lowest BCUT2D eigenvalue weighted by Gasteiger charge is -2.09. The van der Waals surface area contributed by atoms with E-state index in [9.17, 15) is 0 Å². The minimum absolute atomic E-state index is 0.897. The minimum Gasteiger partial charge on any atom is -0.453 e. The van der Waals surface area contributed by atoms with Gasteiger partial charge in [-0.15, -0.1) is 11.3 Å². The fraction of sp³-hybridized carbons (Fsp3) is 0.0455. The van der Waals surface area contributed by atoms with Crippen molar-refractivity contribution in [3.05, 3.63) is 151 Å². The molecular weight excluding hydrogens is 591 g/mol. The minimum atomic E-state index is 0.897. The highest BCUT2D eigenvalue weighted by atomic mass is 32.1. The molecule has 0 unspecified atom stereocenters. The molecule has 0 fully saturated rings. The van der Waals surface area contributed by atoms with E-state index in [0.29, 0.717) is 0 Å². The first kappa shape index (κ1) is 26.6. The average Bonchev–Trinajstić information content (AvgIpc) is 3.77. The van der Waals surface area contributed by atoms with Crippen LogP contribution in [0.25, 0.3) is 91.9 Å². The fourth-order valence-corrected chi connectivity index (χ4v) is 8.64. The maximum absolute atomic E-state index is 7.12. The van der Waals surface area contributed by atoms with E-state index in [4.69, 9.17) is 4.42 Å². The summed E-state index contributed by atoms with van der Waals surface area (Å²) in [5.74, 6) is 0. The molecule has 10 rings (SSSR count). The monoisotopic (exact) mass is 619 g/mol. The van der Waals surface area contributed by atoms with Gasteiger partial charge in [0.1, 0.15) is 5.58 Å². The van der Waals surface area contributed by atoms with E-state index in [1.54, 1.807) is 0 Å². The number of rotatable bonds is 3. The van der Waals surface area contributed by atoms with Gasteiger partial charge in [-0.2, -0.15) is 0 Å². The van der Waals surface area contributed by atoms with Gasteiger partial charge in [-0.25, -0.2) is 0 Å². The standard InChI is InChI=1S/C44H29NOS/c1-26-15-20-37-34(23-26)35-24-27(2)16-21-38(35)45(37)39-13-8-12-33-42-30(18-19-31(44(42)46-43(33)39)28-9-4-3-5-10-28)29-17-22-41-36(25-29)32-11-6-7-14-40(32)47-41/h3-25H,1-2H3. The second kappa shape index (κ2) is 9.93. The van der Waals surface area contributed by atoms with Crippen molar-refractivity contribution in [1.29, 1.82) is 0 Å². The van der Waals surface area contributed by atoms with Crippen molar-refractivity contribution < 1.29 is 4.42 Å². The van der Waals surface area contributed by atoms with Crippen molar-refractivity contribution >= 4 is 75.3 Å². The summed E-state index contributed by atoms with van der Waals surface area (Å²) in [4.78, 5) is 0. The highest BCUT2D eigenvalue weighted by Gasteiger charge is 2.22. The summed E-state index contributed by atoms with van der Waals surface area (Å²) in [5, 5.41) is 7.40. The Morgan fingerprint density at radius 1 is 0.468 bits per heavy atom. The summed E-state index contributed by atoms with van der Waals surface area (Å²) >= 11 is 1.86. The number of aryl methyl sites for hydroxylation is 2. The molecule has 3 heterocycles. The van der Waals surface area contributed by atoms with E-state index in [2.05, 4.69) is 158 Å². The fourth-order valence-electron chi connectivity index (χ4n) is 7.55. The number of furan rings is 1. The molecule has 222 valence electrons. The van der Waals surface area contributed by atoms with Gasteiger partial charge in [0.25, 0.3) is 0 Å². The second-order valence-electron chi connectivity index (χ2n) is 12.7. The zero-order chi connectivity index (χ0) is 31.2. The Morgan fingerprint density at radius 2 is 1.15 bits per heavy atom. The number of fused-ring (bicyclic) bond motifs is 9. The van der Waals surface area contributed by atoms with Crippen LogP contribution in [0.5, 0.6) is 0 Å². The van der Waals surface area contributed by atoms with Gasteiger partial charge >= 0.3 is 0 Å². The summed E-state index contributed by atoms with van der Waals surface area (Å²) in [7, 11) is 0. The van der Waals surface area contributed by atoms with Gasteiger partial charge in [0, 0.05) is 47.3 Å². The van der Waals surface area contributed by atoms with Gasteiger partial charge < -0.3 is 8.98 Å². The van der Waals surface area contributed by atoms with E-state index in [1.165, 1.54) is 64.2 Å². The van der Waals surface area contributed by atoms with Gasteiger partial charge in [0.05, 0.1) is 16.7 Å². The Hall–Kier alpha value is -5.64. The number of thiophene rings is 1. The molecule has 0 aliphatic carbocycles. The maximum atomic E-state index is 7.12. The van der Waals surface area contributed by atoms with Gasteiger partial charge in [-0.05, 0) is 85.1 Å². The molecule has 0 saturated carbocycles. The molecular formula is C44H29NOS. The molecule has 3 aromatic heterocycles. The first-order valence-corrected chi connectivity index (χ1v) is 16.9. The molecule has 0 aliphatic heterocycles. The maximum Gasteiger partial charge on any atom is 0.159 e. The summed E-state index contributed by atoms with van der Waals surface area (Å²) in [6.07, 6.45) is 0. The molecule has 0 amide bonds. The molecule has 3 heteroatoms. The van der Waals surface area contributed by atoms with Crippen LogP contribution in [0.1, 0.15) is 11.1 Å². The van der Waals surface area contributed by atoms with E-state index in [-0.39, 0.29) is 0 Å². The zero-order valence-corrected chi connectivity index (χ0v) is 26.9. The number of benzene rings is 7. The third-order valence-corrected chi connectivity index (χ3v) is 10.9. The molecule has 7 aromatic carbocycles. The van der Waals surface area contributed by atoms with Crippen molar-refractivity contribution in [2.75, 3.05) is 0 Å². The number of para-hydroxylation sites is 1. The van der Waals surface area contributed by atoms with Crippen LogP contribution in [-0.4, -0.2) is 4.57 Å². The first-order valence-electron chi connectivity index (χ1n) is 16.1. The van der Waals surface area contributed by atoms with Gasteiger partial charge in [-0.1, -0.05) is 96.1 Å². The van der Waals surface area contributed by atoms with Gasteiger partial charge in [-0.3, -0.25) is 0 Å². The number of hydrogen-bond acceptors (Lipinski definition) is 2. The Kier molecular flexibility index (Phi) is 5.61. The number of nitrogens with zero attached hydrogens (tertiary/aromatic N) is 1. The molecule has 2 nitrogen and oxygen atoms in total. The SMILES string of the molecule is Cc1ccc2c(c1)c1cc(C)ccc1n2-c1cccc2c1oc1c(-c3ccccc3)ccc(-c3ccc4sc5ccccc5c4c3)c12. The highest BCUT2D eigenvalue weighted by Crippen LogP contribution is 2.46. The second-order valence-corrected chi connectivity index (χ2v) is 13.8. The van der Waals surface area contributed by atoms with Gasteiger partial charge in [0.15, 0.2) is 5.58 Å². The third kappa shape index (κ3) is 3.90. The Labute approximate surface area is 275 Å². The molecule has 0 spiro atoms. The van der Waals surface area contributed by atoms with Gasteiger partial charge in [0.2, 0.25) is 0 Å². The van der Waals surface area contributed by atoms with E-state index in [0.717, 1.165) is 38.8 Å². The molecule has 47 heavy (non-hydrogen) atoms. The topological polar surface area (TPSA) is 18.1 Å². The Balaban J connectivity index is 1.32. The predicted molar refractivity (Wildman–Crippen MR) is 201 cm³/mol. The quantitative estimate of drug-likeness (QED) is 0.192. The summed E-state index contributed by atoms with van der Waals surface area (Å²) in [6.45, 7) is 4.34. The van der Waals surface area contributed by atoms with Crippen molar-refractivity contribution in [3.8, 4) is 27.9 Å². The van der Waals surface area contributed by atoms with Crippen molar-refractivity contribution in [1.82, 2.24) is 4.57 Å². The number of aromatic nitrogens is 1. The van der Waals surface area contributed by atoms with Crippen LogP contribution in [0.2, 0.25) is 0 Å². The molecule has 0 N–H and O–H groups in total. The van der Waals surface area contributed by atoms with Crippen LogP contribution >= 0.6 is 11.3 Å². The summed E-state index contributed by atoms with van der Waals surface area (Å²) in [5.41, 5.74) is 12.4. The third-order valence-electron chi connectivity index (χ3n) is 9.71. The molecule has 0 bridgehead atoms.